The highest BCUT2D eigenvalue weighted by atomic mass is 32.2. The Labute approximate surface area is 219 Å². The van der Waals surface area contributed by atoms with E-state index in [4.69, 9.17) is 0 Å². The van der Waals surface area contributed by atoms with Crippen molar-refractivity contribution < 1.29 is 5.11 Å². The van der Waals surface area contributed by atoms with Crippen LogP contribution in [-0.2, 0) is 12.0 Å². The molecule has 1 saturated heterocycles. The van der Waals surface area contributed by atoms with Gasteiger partial charge in [-0.2, -0.15) is 0 Å². The lowest BCUT2D eigenvalue weighted by Gasteiger charge is -2.49. The van der Waals surface area contributed by atoms with Gasteiger partial charge in [0.2, 0.25) is 0 Å². The van der Waals surface area contributed by atoms with Crippen molar-refractivity contribution in [2.45, 2.75) is 41.8 Å². The van der Waals surface area contributed by atoms with Crippen LogP contribution in [0.1, 0.15) is 42.4 Å². The molecule has 1 aliphatic heterocycles. The predicted molar refractivity (Wildman–Crippen MR) is 153 cm³/mol. The number of aryl methyl sites for hydroxylation is 1. The summed E-state index contributed by atoms with van der Waals surface area (Å²) in [7, 11) is 0. The molecule has 35 heavy (non-hydrogen) atoms. The molecule has 0 spiro atoms. The minimum atomic E-state index is -1.08. The van der Waals surface area contributed by atoms with Crippen LogP contribution in [0, 0.1) is 11.8 Å². The molecular formula is C31H35NOS2. The molecule has 0 aromatic heterocycles. The van der Waals surface area contributed by atoms with Crippen molar-refractivity contribution in [3.8, 4) is 11.8 Å². The molecule has 1 aliphatic rings. The number of hydrogen-bond donors (Lipinski definition) is 2. The lowest BCUT2D eigenvalue weighted by molar-refractivity contribution is 0.0644. The van der Waals surface area contributed by atoms with E-state index in [1.807, 2.05) is 59.9 Å². The smallest absolute Gasteiger partial charge is 0.138 e. The fourth-order valence-corrected chi connectivity index (χ4v) is 8.30. The maximum Gasteiger partial charge on any atom is 0.138 e. The molecule has 4 heteroatoms. The first-order valence-corrected chi connectivity index (χ1v) is 14.5. The van der Waals surface area contributed by atoms with Crippen LogP contribution in [0.5, 0.6) is 0 Å². The van der Waals surface area contributed by atoms with Crippen LogP contribution in [0.15, 0.2) is 91.0 Å². The van der Waals surface area contributed by atoms with E-state index < -0.39 is 5.60 Å². The maximum absolute atomic E-state index is 12.5. The molecule has 0 radical (unpaired) electrons. The van der Waals surface area contributed by atoms with E-state index in [0.717, 1.165) is 54.9 Å². The molecule has 0 amide bonds. The highest BCUT2D eigenvalue weighted by molar-refractivity contribution is 8.18. The van der Waals surface area contributed by atoms with Crippen LogP contribution < -0.4 is 5.32 Å². The van der Waals surface area contributed by atoms with E-state index in [-0.39, 0.29) is 4.08 Å². The van der Waals surface area contributed by atoms with Gasteiger partial charge in [-0.05, 0) is 60.4 Å². The van der Waals surface area contributed by atoms with Crippen LogP contribution in [-0.4, -0.2) is 33.8 Å². The third kappa shape index (κ3) is 6.54. The standard InChI is InChI=1S/C31H35NOS2/c33-31(28-18-7-2-8-19-28,29-20-9-3-10-21-29)30(34-25-14-26-35-30)22-11-4-12-23-32-24-13-17-27-15-5-1-6-16-27/h1-3,5-10,15-16,18-21,32-33H,11,13-14,17,22-26H2. The Bertz CT molecular complexity index is 1030. The van der Waals surface area contributed by atoms with Crippen LogP contribution >= 0.6 is 23.5 Å². The van der Waals surface area contributed by atoms with Crippen LogP contribution in [0.4, 0.5) is 0 Å². The van der Waals surface area contributed by atoms with Gasteiger partial charge in [0.1, 0.15) is 5.60 Å². The van der Waals surface area contributed by atoms with Gasteiger partial charge in [0, 0.05) is 6.42 Å². The number of nitrogens with one attached hydrogen (secondary N) is 1. The summed E-state index contributed by atoms with van der Waals surface area (Å²) in [5.74, 6) is 8.82. The quantitative estimate of drug-likeness (QED) is 0.245. The Kier molecular flexibility index (Phi) is 9.80. The Morgan fingerprint density at radius 3 is 1.97 bits per heavy atom. The van der Waals surface area contributed by atoms with Gasteiger partial charge in [-0.3, -0.25) is 0 Å². The maximum atomic E-state index is 12.5. The summed E-state index contributed by atoms with van der Waals surface area (Å²) in [5, 5.41) is 16.0. The molecule has 0 bridgehead atoms. The number of rotatable bonds is 10. The molecule has 3 aromatic carbocycles. The van der Waals surface area contributed by atoms with Crippen molar-refractivity contribution in [3.63, 3.8) is 0 Å². The summed E-state index contributed by atoms with van der Waals surface area (Å²) in [6.45, 7) is 1.69. The summed E-state index contributed by atoms with van der Waals surface area (Å²) in [5.41, 5.74) is 2.22. The first-order chi connectivity index (χ1) is 17.2. The minimum Gasteiger partial charge on any atom is -0.378 e. The molecule has 0 atom stereocenters. The molecule has 2 nitrogen and oxygen atoms in total. The van der Waals surface area contributed by atoms with Crippen molar-refractivity contribution in [2.24, 2.45) is 0 Å². The summed E-state index contributed by atoms with van der Waals surface area (Å²) in [6, 6.07) is 31.0. The van der Waals surface area contributed by atoms with Crippen molar-refractivity contribution in [1.82, 2.24) is 5.32 Å². The van der Waals surface area contributed by atoms with Crippen LogP contribution in [0.25, 0.3) is 0 Å². The van der Waals surface area contributed by atoms with Gasteiger partial charge in [-0.1, -0.05) is 96.9 Å². The number of benzene rings is 3. The van der Waals surface area contributed by atoms with Gasteiger partial charge in [0.05, 0.1) is 10.6 Å². The molecule has 4 rings (SSSR count). The zero-order chi connectivity index (χ0) is 24.2. The molecule has 0 saturated carbocycles. The lowest BCUT2D eigenvalue weighted by atomic mass is 9.81. The predicted octanol–water partition coefficient (Wildman–Crippen LogP) is 6.49. The molecule has 3 aromatic rings. The number of aliphatic hydroxyl groups is 1. The average Bonchev–Trinajstić information content (AvgIpc) is 2.93. The normalized spacial score (nSPS) is 15.2. The number of hydrogen-bond acceptors (Lipinski definition) is 4. The van der Waals surface area contributed by atoms with Crippen LogP contribution in [0.3, 0.4) is 0 Å². The summed E-state index contributed by atoms with van der Waals surface area (Å²) in [4.78, 5) is 0. The fraction of sp³-hybridized carbons (Fsp3) is 0.355. The molecule has 182 valence electrons. The van der Waals surface area contributed by atoms with E-state index >= 15 is 0 Å². The minimum absolute atomic E-state index is 0.369. The second-order valence-electron chi connectivity index (χ2n) is 8.87. The SMILES string of the molecule is OC(c1ccccc1)(c1ccccc1)C1(CCC#CCNCCCc2ccccc2)SCCCS1. The Morgan fingerprint density at radius 1 is 0.800 bits per heavy atom. The van der Waals surface area contributed by atoms with Gasteiger partial charge in [-0.15, -0.1) is 29.4 Å². The zero-order valence-corrected chi connectivity index (χ0v) is 21.9. The summed E-state index contributed by atoms with van der Waals surface area (Å²) < 4.78 is -0.369. The van der Waals surface area contributed by atoms with E-state index in [0.29, 0.717) is 6.54 Å². The number of thioether (sulfide) groups is 2. The van der Waals surface area contributed by atoms with E-state index in [1.165, 1.54) is 12.0 Å². The molecule has 1 heterocycles. The highest BCUT2D eigenvalue weighted by Gasteiger charge is 2.54. The molecule has 0 unspecified atom stereocenters. The van der Waals surface area contributed by atoms with Gasteiger partial charge < -0.3 is 10.4 Å². The average molecular weight is 502 g/mol. The Balaban J connectivity index is 1.40. The van der Waals surface area contributed by atoms with Crippen molar-refractivity contribution >= 4 is 23.5 Å². The summed E-state index contributed by atoms with van der Waals surface area (Å²) >= 11 is 3.82. The largest absolute Gasteiger partial charge is 0.378 e. The second kappa shape index (κ2) is 13.2. The van der Waals surface area contributed by atoms with E-state index in [2.05, 4.69) is 71.8 Å². The van der Waals surface area contributed by atoms with Gasteiger partial charge in [-0.25, -0.2) is 0 Å². The molecule has 2 N–H and O–H groups in total. The van der Waals surface area contributed by atoms with E-state index in [1.54, 1.807) is 0 Å². The molecule has 1 fully saturated rings. The topological polar surface area (TPSA) is 32.3 Å². The Morgan fingerprint density at radius 2 is 1.37 bits per heavy atom. The zero-order valence-electron chi connectivity index (χ0n) is 20.3. The molecular weight excluding hydrogens is 466 g/mol. The Hall–Kier alpha value is -2.16. The first-order valence-electron chi connectivity index (χ1n) is 12.6. The second-order valence-corrected chi connectivity index (χ2v) is 11.9. The van der Waals surface area contributed by atoms with Gasteiger partial charge >= 0.3 is 0 Å². The highest BCUT2D eigenvalue weighted by Crippen LogP contribution is 2.58. The summed E-state index contributed by atoms with van der Waals surface area (Å²) in [6.07, 6.45) is 4.99. The van der Waals surface area contributed by atoms with E-state index in [9.17, 15) is 5.11 Å². The fourth-order valence-electron chi connectivity index (χ4n) is 4.67. The first kappa shape index (κ1) is 25.9. The van der Waals surface area contributed by atoms with Gasteiger partial charge in [0.15, 0.2) is 0 Å². The van der Waals surface area contributed by atoms with Crippen molar-refractivity contribution in [3.05, 3.63) is 108 Å². The van der Waals surface area contributed by atoms with Gasteiger partial charge in [0.25, 0.3) is 0 Å². The monoisotopic (exact) mass is 501 g/mol. The third-order valence-electron chi connectivity index (χ3n) is 6.47. The van der Waals surface area contributed by atoms with Crippen molar-refractivity contribution in [1.29, 1.82) is 0 Å². The molecule has 0 aliphatic carbocycles. The van der Waals surface area contributed by atoms with Crippen molar-refractivity contribution in [2.75, 3.05) is 24.6 Å². The third-order valence-corrected chi connectivity index (χ3v) is 10.1. The van der Waals surface area contributed by atoms with Crippen LogP contribution in [0.2, 0.25) is 0 Å². The lowest BCUT2D eigenvalue weighted by Crippen LogP contribution is -2.49.